The highest BCUT2D eigenvalue weighted by molar-refractivity contribution is 7.25. The van der Waals surface area contributed by atoms with Gasteiger partial charge in [0.05, 0.1) is 11.4 Å². The fourth-order valence-corrected chi connectivity index (χ4v) is 11.8. The largest absolute Gasteiger partial charge is 0.344 e. The minimum atomic E-state index is -0.310. The van der Waals surface area contributed by atoms with E-state index < -0.39 is 0 Å². The molecule has 0 unspecified atom stereocenters. The van der Waals surface area contributed by atoms with E-state index in [1.165, 1.54) is 103 Å². The highest BCUT2D eigenvalue weighted by atomic mass is 32.1. The van der Waals surface area contributed by atoms with Gasteiger partial charge in [-0.05, 0) is 144 Å². The van der Waals surface area contributed by atoms with Crippen LogP contribution in [0, 0.1) is 13.8 Å². The van der Waals surface area contributed by atoms with Crippen molar-refractivity contribution in [2.24, 2.45) is 7.05 Å². The summed E-state index contributed by atoms with van der Waals surface area (Å²) in [7, 11) is 2.18. The number of rotatable bonds is 7. The minimum absolute atomic E-state index is 0.310. The standard InChI is InChI=1S/C61H49N3S/c1-7-14-40-24-21-39(3)33-56(40)64(41-25-22-38(2)23-26-41)57-37-53-60(48-18-9-8-15-45(48)57)49-30-27-44(36-52(49)61(53,4)5)63(43-29-32-59-51(35-43)47-17-11-13-20-58(47)65-59)42-28-31-55-50(34-42)46-16-10-12-19-54(46)62(55)6/h7-37H,1-6H3/b14-7+. The van der Waals surface area contributed by atoms with Crippen molar-refractivity contribution in [2.45, 2.75) is 40.0 Å². The van der Waals surface area contributed by atoms with Crippen LogP contribution >= 0.6 is 11.3 Å². The Morgan fingerprint density at radius 2 is 1.09 bits per heavy atom. The van der Waals surface area contributed by atoms with Gasteiger partial charge in [0.15, 0.2) is 0 Å². The molecular weight excluding hydrogens is 807 g/mol. The molecule has 9 aromatic carbocycles. The van der Waals surface area contributed by atoms with Crippen molar-refractivity contribution in [2.75, 3.05) is 9.80 Å². The van der Waals surface area contributed by atoms with Gasteiger partial charge in [0.1, 0.15) is 0 Å². The molecule has 65 heavy (non-hydrogen) atoms. The van der Waals surface area contributed by atoms with Crippen LogP contribution in [0.3, 0.4) is 0 Å². The van der Waals surface area contributed by atoms with Crippen molar-refractivity contribution in [3.8, 4) is 11.1 Å². The van der Waals surface area contributed by atoms with Crippen LogP contribution in [0.5, 0.6) is 0 Å². The maximum Gasteiger partial charge on any atom is 0.0543 e. The zero-order valence-corrected chi connectivity index (χ0v) is 38.5. The summed E-state index contributed by atoms with van der Waals surface area (Å²) in [5.41, 5.74) is 18.0. The molecule has 0 atom stereocenters. The monoisotopic (exact) mass is 855 g/mol. The second kappa shape index (κ2) is 14.8. The zero-order valence-electron chi connectivity index (χ0n) is 37.6. The van der Waals surface area contributed by atoms with E-state index in [1.54, 1.807) is 0 Å². The highest BCUT2D eigenvalue weighted by Gasteiger charge is 2.39. The fourth-order valence-electron chi connectivity index (χ4n) is 10.7. The van der Waals surface area contributed by atoms with Crippen LogP contribution in [0.25, 0.3) is 70.0 Å². The Hall–Kier alpha value is -7.40. The number of allylic oxidation sites excluding steroid dienone is 1. The maximum absolute atomic E-state index is 2.50. The SMILES string of the molecule is C/C=C/c1ccc(C)cc1N(c1ccc(C)cc1)c1cc2c(c3ccccc13)-c1ccc(N(c3ccc4sc5ccccc5c4c3)c3ccc4c(c3)c3ccccc3n4C)cc1C2(C)C. The number of para-hydroxylation sites is 1. The second-order valence-corrected chi connectivity index (χ2v) is 19.4. The number of nitrogens with zero attached hydrogens (tertiary/aromatic N) is 3. The van der Waals surface area contributed by atoms with Gasteiger partial charge in [-0.25, -0.2) is 0 Å². The summed E-state index contributed by atoms with van der Waals surface area (Å²) in [6.07, 6.45) is 4.37. The van der Waals surface area contributed by atoms with Gasteiger partial charge < -0.3 is 14.4 Å². The molecule has 12 rings (SSSR count). The number of fused-ring (bicyclic) bond motifs is 11. The van der Waals surface area contributed by atoms with E-state index in [4.69, 9.17) is 0 Å². The lowest BCUT2D eigenvalue weighted by Gasteiger charge is -2.31. The van der Waals surface area contributed by atoms with E-state index >= 15 is 0 Å². The molecule has 0 saturated carbocycles. The van der Waals surface area contributed by atoms with Gasteiger partial charge in [0, 0.05) is 82.6 Å². The molecule has 1 aliphatic carbocycles. The number of hydrogen-bond donors (Lipinski definition) is 0. The topological polar surface area (TPSA) is 11.4 Å². The van der Waals surface area contributed by atoms with Gasteiger partial charge in [0.2, 0.25) is 0 Å². The summed E-state index contributed by atoms with van der Waals surface area (Å²) in [6, 6.07) is 66.2. The Balaban J connectivity index is 1.08. The molecule has 0 amide bonds. The first kappa shape index (κ1) is 39.2. The molecule has 0 spiro atoms. The van der Waals surface area contributed by atoms with Crippen molar-refractivity contribution in [3.05, 3.63) is 210 Å². The molecule has 0 aliphatic heterocycles. The van der Waals surface area contributed by atoms with Crippen LogP contribution in [0.2, 0.25) is 0 Å². The molecule has 11 aromatic rings. The molecule has 4 heteroatoms. The molecule has 2 aromatic heterocycles. The molecular formula is C61H49N3S. The van der Waals surface area contributed by atoms with Crippen LogP contribution in [-0.2, 0) is 12.5 Å². The van der Waals surface area contributed by atoms with E-state index in [9.17, 15) is 0 Å². The zero-order chi connectivity index (χ0) is 44.1. The number of aromatic nitrogens is 1. The predicted molar refractivity (Wildman–Crippen MR) is 282 cm³/mol. The summed E-state index contributed by atoms with van der Waals surface area (Å²) in [5, 5.41) is 7.61. The van der Waals surface area contributed by atoms with Crippen molar-refractivity contribution < 1.29 is 0 Å². The van der Waals surface area contributed by atoms with Gasteiger partial charge in [-0.2, -0.15) is 0 Å². The number of aryl methyl sites for hydroxylation is 3. The molecule has 0 N–H and O–H groups in total. The third-order valence-corrected chi connectivity index (χ3v) is 15.1. The van der Waals surface area contributed by atoms with Gasteiger partial charge in [-0.3, -0.25) is 0 Å². The van der Waals surface area contributed by atoms with E-state index in [0.717, 1.165) is 22.7 Å². The number of benzene rings is 9. The summed E-state index contributed by atoms with van der Waals surface area (Å²) in [6.45, 7) is 11.3. The molecule has 2 heterocycles. The second-order valence-electron chi connectivity index (χ2n) is 18.3. The van der Waals surface area contributed by atoms with Gasteiger partial charge in [-0.15, -0.1) is 11.3 Å². The minimum Gasteiger partial charge on any atom is -0.344 e. The Kier molecular flexibility index (Phi) is 8.95. The number of hydrogen-bond acceptors (Lipinski definition) is 3. The van der Waals surface area contributed by atoms with Gasteiger partial charge in [0.25, 0.3) is 0 Å². The van der Waals surface area contributed by atoms with Gasteiger partial charge in [-0.1, -0.05) is 123 Å². The van der Waals surface area contributed by atoms with E-state index in [-0.39, 0.29) is 5.41 Å². The van der Waals surface area contributed by atoms with Gasteiger partial charge >= 0.3 is 0 Å². The Morgan fingerprint density at radius 3 is 1.89 bits per heavy atom. The van der Waals surface area contributed by atoms with Crippen molar-refractivity contribution in [1.82, 2.24) is 4.57 Å². The lowest BCUT2D eigenvalue weighted by molar-refractivity contribution is 0.661. The van der Waals surface area contributed by atoms with E-state index in [2.05, 4.69) is 244 Å². The molecule has 0 radical (unpaired) electrons. The molecule has 3 nitrogen and oxygen atoms in total. The summed E-state index contributed by atoms with van der Waals surface area (Å²) >= 11 is 1.87. The van der Waals surface area contributed by atoms with Crippen molar-refractivity contribution >= 4 is 104 Å². The fraction of sp³-hybridized carbons (Fsp3) is 0.115. The predicted octanol–water partition coefficient (Wildman–Crippen LogP) is 17.7. The first-order chi connectivity index (χ1) is 31.7. The smallest absolute Gasteiger partial charge is 0.0543 e. The number of thiophene rings is 1. The molecule has 314 valence electrons. The lowest BCUT2D eigenvalue weighted by atomic mass is 9.81. The number of anilines is 6. The van der Waals surface area contributed by atoms with Crippen molar-refractivity contribution in [3.63, 3.8) is 0 Å². The van der Waals surface area contributed by atoms with Crippen LogP contribution in [0.4, 0.5) is 34.1 Å². The third kappa shape index (κ3) is 6.08. The average molecular weight is 856 g/mol. The lowest BCUT2D eigenvalue weighted by Crippen LogP contribution is -2.18. The normalized spacial score (nSPS) is 13.1. The Bertz CT molecular complexity index is 3750. The van der Waals surface area contributed by atoms with Crippen LogP contribution < -0.4 is 9.80 Å². The first-order valence-corrected chi connectivity index (χ1v) is 23.5. The quantitative estimate of drug-likeness (QED) is 0.158. The summed E-state index contributed by atoms with van der Waals surface area (Å²) < 4.78 is 4.93. The molecule has 0 saturated heterocycles. The Labute approximate surface area is 384 Å². The summed E-state index contributed by atoms with van der Waals surface area (Å²) in [4.78, 5) is 4.97. The first-order valence-electron chi connectivity index (χ1n) is 22.7. The summed E-state index contributed by atoms with van der Waals surface area (Å²) in [5.74, 6) is 0. The highest BCUT2D eigenvalue weighted by Crippen LogP contribution is 2.56. The van der Waals surface area contributed by atoms with Crippen LogP contribution in [-0.4, -0.2) is 4.57 Å². The van der Waals surface area contributed by atoms with E-state index in [1.807, 2.05) is 11.3 Å². The molecule has 1 aliphatic rings. The molecule has 0 fully saturated rings. The molecule has 0 bridgehead atoms. The Morgan fingerprint density at radius 1 is 0.477 bits per heavy atom. The van der Waals surface area contributed by atoms with Crippen LogP contribution in [0.1, 0.15) is 48.6 Å². The maximum atomic E-state index is 2.50. The third-order valence-electron chi connectivity index (χ3n) is 14.0. The van der Waals surface area contributed by atoms with E-state index in [0.29, 0.717) is 0 Å². The van der Waals surface area contributed by atoms with Crippen molar-refractivity contribution in [1.29, 1.82) is 0 Å². The van der Waals surface area contributed by atoms with Crippen LogP contribution in [0.15, 0.2) is 182 Å². The average Bonchev–Trinajstić information content (AvgIpc) is 3.92.